The maximum absolute atomic E-state index is 13.9. The van der Waals surface area contributed by atoms with Crippen LogP contribution in [0.2, 0.25) is 0 Å². The van der Waals surface area contributed by atoms with Gasteiger partial charge in [-0.3, -0.25) is 14.5 Å². The first-order chi connectivity index (χ1) is 23.3. The predicted octanol–water partition coefficient (Wildman–Crippen LogP) is 8.06. The lowest BCUT2D eigenvalue weighted by molar-refractivity contribution is -0.132. The van der Waals surface area contributed by atoms with Gasteiger partial charge in [-0.25, -0.2) is 0 Å². The van der Waals surface area contributed by atoms with E-state index in [-0.39, 0.29) is 22.6 Å². The molecule has 0 bridgehead atoms. The Morgan fingerprint density at radius 2 is 1.83 bits per heavy atom. The van der Waals surface area contributed by atoms with Gasteiger partial charge in [-0.2, -0.15) is 0 Å². The number of rotatable bonds is 13. The van der Waals surface area contributed by atoms with Gasteiger partial charge in [0.15, 0.2) is 15.8 Å². The van der Waals surface area contributed by atoms with E-state index in [2.05, 4.69) is 41.4 Å². The smallest absolute Gasteiger partial charge is 0.301 e. The molecule has 250 valence electrons. The molecule has 3 aromatic carbocycles. The molecule has 9 nitrogen and oxygen atoms in total. The van der Waals surface area contributed by atoms with E-state index in [0.29, 0.717) is 52.4 Å². The average molecular weight is 686 g/mol. The number of fused-ring (bicyclic) bond motifs is 1. The van der Waals surface area contributed by atoms with Gasteiger partial charge in [0.05, 0.1) is 24.8 Å². The number of aliphatic hydroxyl groups excluding tert-OH is 1. The lowest BCUT2D eigenvalue weighted by Gasteiger charge is -2.23. The van der Waals surface area contributed by atoms with Gasteiger partial charge < -0.3 is 19.3 Å². The van der Waals surface area contributed by atoms with Crippen LogP contribution in [0.4, 0.5) is 5.13 Å². The van der Waals surface area contributed by atoms with Crippen molar-refractivity contribution in [2.75, 3.05) is 18.1 Å². The second kappa shape index (κ2) is 14.8. The number of unbranched alkanes of at least 4 members (excludes halogenated alkanes) is 2. The molecule has 2 aliphatic rings. The van der Waals surface area contributed by atoms with E-state index in [1.807, 2.05) is 26.8 Å². The zero-order chi connectivity index (χ0) is 33.8. The van der Waals surface area contributed by atoms with Crippen molar-refractivity contribution < 1.29 is 28.9 Å². The summed E-state index contributed by atoms with van der Waals surface area (Å²) in [5, 5.41) is 20.8. The maximum atomic E-state index is 13.9. The second-order valence-electron chi connectivity index (χ2n) is 11.9. The Hall–Kier alpha value is -4.35. The highest BCUT2D eigenvalue weighted by Gasteiger charge is 2.48. The molecule has 1 saturated heterocycles. The van der Waals surface area contributed by atoms with Crippen molar-refractivity contribution in [1.82, 2.24) is 10.2 Å². The van der Waals surface area contributed by atoms with E-state index >= 15 is 0 Å². The van der Waals surface area contributed by atoms with Gasteiger partial charge in [0.2, 0.25) is 5.13 Å². The van der Waals surface area contributed by atoms with Crippen LogP contribution in [-0.2, 0) is 21.8 Å². The monoisotopic (exact) mass is 685 g/mol. The van der Waals surface area contributed by atoms with Crippen LogP contribution in [0.15, 0.2) is 70.6 Å². The molecule has 1 aromatic heterocycles. The third-order valence-corrected chi connectivity index (χ3v) is 10.4. The minimum atomic E-state index is -0.982. The summed E-state index contributed by atoms with van der Waals surface area (Å²) in [5.41, 5.74) is 4.22. The molecule has 0 aliphatic carbocycles. The largest absolute Gasteiger partial charge is 0.507 e. The fraction of sp³-hybridized carbons (Fsp3) is 0.351. The van der Waals surface area contributed by atoms with Gasteiger partial charge in [-0.05, 0) is 74.2 Å². The summed E-state index contributed by atoms with van der Waals surface area (Å²) in [7, 11) is 0. The summed E-state index contributed by atoms with van der Waals surface area (Å²) in [5.74, 6) is 0.638. The number of aryl methyl sites for hydroxylation is 1. The van der Waals surface area contributed by atoms with Crippen LogP contribution < -0.4 is 19.1 Å². The molecule has 1 fully saturated rings. The highest BCUT2D eigenvalue weighted by molar-refractivity contribution is 8.00. The normalized spacial score (nSPS) is 18.2. The van der Waals surface area contributed by atoms with Crippen LogP contribution in [-0.4, -0.2) is 46.3 Å². The van der Waals surface area contributed by atoms with Crippen molar-refractivity contribution in [3.05, 3.63) is 94.1 Å². The quantitative estimate of drug-likeness (QED) is 0.0373. The number of carbonyl (C=O) groups excluding carboxylic acids is 2. The summed E-state index contributed by atoms with van der Waals surface area (Å²) in [6.45, 7) is 8.98. The van der Waals surface area contributed by atoms with Gasteiger partial charge in [-0.1, -0.05) is 78.8 Å². The first-order valence-electron chi connectivity index (χ1n) is 16.3. The minimum absolute atomic E-state index is 0.0122. The number of aliphatic hydroxyl groups is 1. The fourth-order valence-corrected chi connectivity index (χ4v) is 7.70. The molecule has 3 heterocycles. The number of Topliss-reactive ketones (excluding diaryl/α,β-unsaturated/α-hetero) is 1. The Balaban J connectivity index is 1.39. The molecule has 2 atom stereocenters. The molecule has 0 saturated carbocycles. The second-order valence-corrected chi connectivity index (χ2v) is 14.1. The molecule has 6 rings (SSSR count). The van der Waals surface area contributed by atoms with E-state index in [4.69, 9.17) is 14.2 Å². The topological polar surface area (TPSA) is 111 Å². The van der Waals surface area contributed by atoms with Crippen molar-refractivity contribution >= 4 is 45.7 Å². The third-order valence-electron chi connectivity index (χ3n) is 8.29. The molecular weight excluding hydrogens is 647 g/mol. The number of ether oxygens (including phenoxy) is 3. The molecular formula is C37H39N3O6S2. The van der Waals surface area contributed by atoms with Crippen molar-refractivity contribution in [2.45, 2.75) is 75.6 Å². The average Bonchev–Trinajstić information content (AvgIpc) is 3.77. The molecule has 4 aromatic rings. The summed E-state index contributed by atoms with van der Waals surface area (Å²) in [6, 6.07) is 18.0. The summed E-state index contributed by atoms with van der Waals surface area (Å²) in [6.07, 6.45) is 3.73. The highest BCUT2D eigenvalue weighted by atomic mass is 32.2. The van der Waals surface area contributed by atoms with E-state index in [9.17, 15) is 14.7 Å². The zero-order valence-electron chi connectivity index (χ0n) is 27.5. The number of thioether (sulfide) groups is 1. The first-order valence-corrected chi connectivity index (χ1v) is 18.1. The minimum Gasteiger partial charge on any atom is -0.507 e. The Morgan fingerprint density at radius 1 is 1.02 bits per heavy atom. The molecule has 1 N–H and O–H groups in total. The SMILES string of the molecule is CCCCCOc1ccc([C@@H]2C(=C(O)c3ccc4c(c3)C[C@@H](C)O4)C(=O)C(=O)N2c2nnc(SCc3ccc(C)cc3)s2)cc1OCC. The van der Waals surface area contributed by atoms with E-state index in [1.165, 1.54) is 33.6 Å². The van der Waals surface area contributed by atoms with Gasteiger partial charge in [-0.15, -0.1) is 10.2 Å². The fourth-order valence-electron chi connectivity index (χ4n) is 5.87. The number of carbonyl (C=O) groups is 2. The molecule has 0 spiro atoms. The Bertz CT molecular complexity index is 1840. The molecule has 0 radical (unpaired) electrons. The third kappa shape index (κ3) is 7.07. The van der Waals surface area contributed by atoms with E-state index < -0.39 is 17.7 Å². The highest BCUT2D eigenvalue weighted by Crippen LogP contribution is 2.46. The van der Waals surface area contributed by atoms with Crippen LogP contribution in [0.25, 0.3) is 5.76 Å². The number of hydrogen-bond acceptors (Lipinski definition) is 10. The predicted molar refractivity (Wildman–Crippen MR) is 188 cm³/mol. The lowest BCUT2D eigenvalue weighted by atomic mass is 9.94. The molecule has 2 aliphatic heterocycles. The van der Waals surface area contributed by atoms with Crippen molar-refractivity contribution in [2.24, 2.45) is 0 Å². The number of amides is 1. The Labute approximate surface area is 288 Å². The standard InChI is InChI=1S/C37H39N3O6S2/c1-5-7-8-17-45-29-16-13-25(20-30(29)44-6-2)32-31(33(41)26-14-15-28-27(19-26)18-23(4)46-28)34(42)35(43)40(32)36-38-39-37(48-36)47-21-24-11-9-22(3)10-12-24/h9-16,19-20,23,32,41H,5-8,17-18,21H2,1-4H3/t23-,32-/m1/s1. The van der Waals surface area contributed by atoms with Crippen molar-refractivity contribution in [3.8, 4) is 17.2 Å². The number of benzene rings is 3. The van der Waals surface area contributed by atoms with Crippen LogP contribution in [0, 0.1) is 6.92 Å². The number of hydrogen-bond donors (Lipinski definition) is 1. The maximum Gasteiger partial charge on any atom is 0.301 e. The van der Waals surface area contributed by atoms with Crippen LogP contribution >= 0.6 is 23.1 Å². The molecule has 0 unspecified atom stereocenters. The summed E-state index contributed by atoms with van der Waals surface area (Å²) in [4.78, 5) is 29.1. The summed E-state index contributed by atoms with van der Waals surface area (Å²) >= 11 is 2.74. The molecule has 11 heteroatoms. The van der Waals surface area contributed by atoms with Crippen LogP contribution in [0.5, 0.6) is 17.2 Å². The van der Waals surface area contributed by atoms with E-state index in [1.54, 1.807) is 30.3 Å². The Morgan fingerprint density at radius 3 is 2.60 bits per heavy atom. The van der Waals surface area contributed by atoms with Gasteiger partial charge in [0.1, 0.15) is 17.6 Å². The van der Waals surface area contributed by atoms with Gasteiger partial charge >= 0.3 is 5.91 Å². The zero-order valence-corrected chi connectivity index (χ0v) is 29.2. The van der Waals surface area contributed by atoms with Gasteiger partial charge in [0, 0.05) is 17.7 Å². The first kappa shape index (κ1) is 33.5. The number of anilines is 1. The molecule has 48 heavy (non-hydrogen) atoms. The lowest BCUT2D eigenvalue weighted by Crippen LogP contribution is -2.29. The number of aromatic nitrogens is 2. The van der Waals surface area contributed by atoms with Gasteiger partial charge in [0.25, 0.3) is 5.78 Å². The molecule has 1 amide bonds. The van der Waals surface area contributed by atoms with E-state index in [0.717, 1.165) is 36.1 Å². The van der Waals surface area contributed by atoms with Crippen LogP contribution in [0.3, 0.4) is 0 Å². The number of ketones is 1. The van der Waals surface area contributed by atoms with Crippen molar-refractivity contribution in [3.63, 3.8) is 0 Å². The van der Waals surface area contributed by atoms with Crippen molar-refractivity contribution in [1.29, 1.82) is 0 Å². The summed E-state index contributed by atoms with van der Waals surface area (Å²) < 4.78 is 18.5. The Kier molecular flexibility index (Phi) is 10.4. The number of nitrogens with zero attached hydrogens (tertiary/aromatic N) is 3. The van der Waals surface area contributed by atoms with Crippen LogP contribution in [0.1, 0.15) is 73.9 Å².